The number of hydrogen-bond acceptors (Lipinski definition) is 4. The molecule has 1 saturated heterocycles. The molecule has 25 heavy (non-hydrogen) atoms. The van der Waals surface area contributed by atoms with E-state index >= 15 is 0 Å². The number of urea groups is 1. The molecular formula is C16H20F2N4O3. The Morgan fingerprint density at radius 1 is 1.00 bits per heavy atom. The van der Waals surface area contributed by atoms with Crippen molar-refractivity contribution in [3.8, 4) is 0 Å². The summed E-state index contributed by atoms with van der Waals surface area (Å²) >= 11 is 0. The lowest BCUT2D eigenvalue weighted by Crippen LogP contribution is -2.48. The molecule has 1 aromatic rings. The van der Waals surface area contributed by atoms with Gasteiger partial charge >= 0.3 is 6.03 Å². The van der Waals surface area contributed by atoms with Gasteiger partial charge in [0.2, 0.25) is 11.8 Å². The van der Waals surface area contributed by atoms with Gasteiger partial charge in [-0.15, -0.1) is 0 Å². The van der Waals surface area contributed by atoms with Gasteiger partial charge < -0.3 is 15.5 Å². The normalized spacial score (nSPS) is 14.3. The second kappa shape index (κ2) is 8.41. The number of rotatable bonds is 5. The van der Waals surface area contributed by atoms with E-state index in [2.05, 4.69) is 0 Å². The van der Waals surface area contributed by atoms with Crippen LogP contribution >= 0.6 is 0 Å². The minimum absolute atomic E-state index is 0.0389. The molecule has 0 saturated carbocycles. The number of imide groups is 1. The van der Waals surface area contributed by atoms with Crippen LogP contribution in [0.25, 0.3) is 0 Å². The van der Waals surface area contributed by atoms with Gasteiger partial charge in [-0.3, -0.25) is 14.9 Å². The van der Waals surface area contributed by atoms with Crippen LogP contribution in [0.15, 0.2) is 18.2 Å². The number of carbonyl (C=O) groups is 3. The molecule has 7 nitrogen and oxygen atoms in total. The maximum absolute atomic E-state index is 13.3. The molecule has 0 aromatic heterocycles. The predicted molar refractivity (Wildman–Crippen MR) is 86.7 cm³/mol. The van der Waals surface area contributed by atoms with Gasteiger partial charge in [-0.2, -0.15) is 0 Å². The second-order valence-electron chi connectivity index (χ2n) is 5.76. The van der Waals surface area contributed by atoms with Crippen LogP contribution in [0.5, 0.6) is 0 Å². The standard InChI is InChI=1S/C16H20F2N4O3/c17-11-8-12(18)10-13(9-11)21-4-6-22(7-5-21)15(24)3-1-2-14(23)20-16(19)25/h8-10H,1-7H2,(H3,19,20,23,25). The smallest absolute Gasteiger partial charge is 0.318 e. The molecule has 0 unspecified atom stereocenters. The molecule has 0 bridgehead atoms. The van der Waals surface area contributed by atoms with Crippen molar-refractivity contribution in [2.75, 3.05) is 31.1 Å². The van der Waals surface area contributed by atoms with E-state index in [1.165, 1.54) is 12.1 Å². The first-order valence-corrected chi connectivity index (χ1v) is 7.93. The zero-order valence-electron chi connectivity index (χ0n) is 13.6. The average Bonchev–Trinajstić information content (AvgIpc) is 2.53. The van der Waals surface area contributed by atoms with Gasteiger partial charge in [0.1, 0.15) is 11.6 Å². The van der Waals surface area contributed by atoms with Crippen LogP contribution in [0.3, 0.4) is 0 Å². The van der Waals surface area contributed by atoms with Gasteiger partial charge in [0.15, 0.2) is 0 Å². The summed E-state index contributed by atoms with van der Waals surface area (Å²) in [5.74, 6) is -1.89. The van der Waals surface area contributed by atoms with Gasteiger partial charge in [0, 0.05) is 50.8 Å². The van der Waals surface area contributed by atoms with E-state index in [9.17, 15) is 23.2 Å². The van der Waals surface area contributed by atoms with Crippen molar-refractivity contribution in [2.24, 2.45) is 5.73 Å². The van der Waals surface area contributed by atoms with Crippen LogP contribution in [-0.2, 0) is 9.59 Å². The highest BCUT2D eigenvalue weighted by atomic mass is 19.1. The maximum Gasteiger partial charge on any atom is 0.318 e. The first-order valence-electron chi connectivity index (χ1n) is 7.93. The van der Waals surface area contributed by atoms with Crippen molar-refractivity contribution in [3.63, 3.8) is 0 Å². The van der Waals surface area contributed by atoms with Gasteiger partial charge in [0.05, 0.1) is 0 Å². The van der Waals surface area contributed by atoms with E-state index in [0.29, 0.717) is 38.3 Å². The Morgan fingerprint density at radius 2 is 1.60 bits per heavy atom. The number of piperazine rings is 1. The summed E-state index contributed by atoms with van der Waals surface area (Å²) in [5, 5.41) is 1.94. The number of benzene rings is 1. The highest BCUT2D eigenvalue weighted by Crippen LogP contribution is 2.20. The second-order valence-corrected chi connectivity index (χ2v) is 5.76. The molecule has 136 valence electrons. The van der Waals surface area contributed by atoms with Crippen molar-refractivity contribution in [1.29, 1.82) is 0 Å². The van der Waals surface area contributed by atoms with Crippen molar-refractivity contribution >= 4 is 23.5 Å². The summed E-state index contributed by atoms with van der Waals surface area (Å²) in [5.41, 5.74) is 5.28. The Morgan fingerprint density at radius 3 is 2.16 bits per heavy atom. The molecule has 0 spiro atoms. The number of nitrogens with two attached hydrogens (primary N) is 1. The fourth-order valence-electron chi connectivity index (χ4n) is 2.69. The fraction of sp³-hybridized carbons (Fsp3) is 0.438. The van der Waals surface area contributed by atoms with Crippen LogP contribution in [0.1, 0.15) is 19.3 Å². The number of primary amides is 1. The summed E-state index contributed by atoms with van der Waals surface area (Å²) in [6.45, 7) is 1.81. The van der Waals surface area contributed by atoms with E-state index in [1.54, 1.807) is 4.90 Å². The van der Waals surface area contributed by atoms with Crippen molar-refractivity contribution in [2.45, 2.75) is 19.3 Å². The van der Waals surface area contributed by atoms with Crippen LogP contribution in [-0.4, -0.2) is 48.9 Å². The SMILES string of the molecule is NC(=O)NC(=O)CCCC(=O)N1CCN(c2cc(F)cc(F)c2)CC1. The molecule has 1 aliphatic heterocycles. The van der Waals surface area contributed by atoms with Gasteiger partial charge in [0.25, 0.3) is 0 Å². The lowest BCUT2D eigenvalue weighted by Gasteiger charge is -2.36. The number of hydrogen-bond donors (Lipinski definition) is 2. The molecule has 9 heteroatoms. The fourth-order valence-corrected chi connectivity index (χ4v) is 2.69. The third-order valence-corrected chi connectivity index (χ3v) is 3.90. The van der Waals surface area contributed by atoms with Crippen LogP contribution in [0.2, 0.25) is 0 Å². The van der Waals surface area contributed by atoms with Crippen LogP contribution in [0, 0.1) is 11.6 Å². The Kier molecular flexibility index (Phi) is 6.26. The molecular weight excluding hydrogens is 334 g/mol. The average molecular weight is 354 g/mol. The van der Waals surface area contributed by atoms with E-state index in [-0.39, 0.29) is 18.7 Å². The quantitative estimate of drug-likeness (QED) is 0.824. The largest absolute Gasteiger partial charge is 0.368 e. The van der Waals surface area contributed by atoms with E-state index in [4.69, 9.17) is 5.73 Å². The monoisotopic (exact) mass is 354 g/mol. The number of nitrogens with zero attached hydrogens (tertiary/aromatic N) is 2. The number of nitrogens with one attached hydrogen (secondary N) is 1. The van der Waals surface area contributed by atoms with Crippen molar-refractivity contribution in [3.05, 3.63) is 29.8 Å². The van der Waals surface area contributed by atoms with E-state index in [0.717, 1.165) is 6.07 Å². The number of carbonyl (C=O) groups excluding carboxylic acids is 3. The van der Waals surface area contributed by atoms with Crippen LogP contribution < -0.4 is 16.0 Å². The van der Waals surface area contributed by atoms with Gasteiger partial charge in [-0.25, -0.2) is 13.6 Å². The van der Waals surface area contributed by atoms with Crippen LogP contribution in [0.4, 0.5) is 19.3 Å². The zero-order chi connectivity index (χ0) is 18.4. The molecule has 1 aromatic carbocycles. The maximum atomic E-state index is 13.3. The molecule has 0 aliphatic carbocycles. The third-order valence-electron chi connectivity index (χ3n) is 3.90. The first kappa shape index (κ1) is 18.6. The molecule has 1 heterocycles. The number of amides is 4. The Balaban J connectivity index is 1.76. The minimum atomic E-state index is -0.916. The molecule has 1 fully saturated rings. The Labute approximate surface area is 143 Å². The summed E-state index contributed by atoms with van der Waals surface area (Å²) in [4.78, 5) is 37.4. The molecule has 3 N–H and O–H groups in total. The highest BCUT2D eigenvalue weighted by Gasteiger charge is 2.21. The highest BCUT2D eigenvalue weighted by molar-refractivity contribution is 5.93. The third kappa shape index (κ3) is 5.70. The molecule has 1 aliphatic rings. The minimum Gasteiger partial charge on any atom is -0.368 e. The van der Waals surface area contributed by atoms with E-state index < -0.39 is 23.6 Å². The first-order chi connectivity index (χ1) is 11.8. The molecule has 2 rings (SSSR count). The summed E-state index contributed by atoms with van der Waals surface area (Å²) in [6.07, 6.45) is 0.533. The Hall–Kier alpha value is -2.71. The topological polar surface area (TPSA) is 95.7 Å². The number of halogens is 2. The predicted octanol–water partition coefficient (Wildman–Crippen LogP) is 0.979. The van der Waals surface area contributed by atoms with Crippen molar-refractivity contribution < 1.29 is 23.2 Å². The summed E-state index contributed by atoms with van der Waals surface area (Å²) in [7, 11) is 0. The molecule has 0 atom stereocenters. The van der Waals surface area contributed by atoms with E-state index in [1.807, 2.05) is 10.2 Å². The van der Waals surface area contributed by atoms with Crippen molar-refractivity contribution in [1.82, 2.24) is 10.2 Å². The lowest BCUT2D eigenvalue weighted by atomic mass is 10.2. The zero-order valence-corrected chi connectivity index (χ0v) is 13.6. The molecule has 0 radical (unpaired) electrons. The number of anilines is 1. The van der Waals surface area contributed by atoms with Gasteiger partial charge in [-0.05, 0) is 18.6 Å². The van der Waals surface area contributed by atoms with Gasteiger partial charge in [-0.1, -0.05) is 0 Å². The molecule has 4 amide bonds. The summed E-state index contributed by atoms with van der Waals surface area (Å²) < 4.78 is 26.6. The summed E-state index contributed by atoms with van der Waals surface area (Å²) in [6, 6.07) is 2.43. The Bertz CT molecular complexity index is 641. The lowest BCUT2D eigenvalue weighted by molar-refractivity contribution is -0.131.